The van der Waals surface area contributed by atoms with Crippen molar-refractivity contribution < 1.29 is 32.3 Å². The molecule has 1 fully saturated rings. The first-order chi connectivity index (χ1) is 17.9. The molecule has 2 rings (SSSR count). The molecule has 0 spiro atoms. The van der Waals surface area contributed by atoms with Crippen LogP contribution in [0.4, 0.5) is 0 Å². The zero-order valence-corrected chi connectivity index (χ0v) is 25.0. The summed E-state index contributed by atoms with van der Waals surface area (Å²) in [5.41, 5.74) is -1.45. The van der Waals surface area contributed by atoms with Crippen LogP contribution in [0.25, 0.3) is 0 Å². The third-order valence-electron chi connectivity index (χ3n) is 6.43. The fraction of sp³-hybridized carbons (Fsp3) is 0.808. The van der Waals surface area contributed by atoms with E-state index in [2.05, 4.69) is 10.6 Å². The van der Waals surface area contributed by atoms with Gasteiger partial charge in [-0.3, -0.25) is 14.4 Å². The minimum atomic E-state index is -3.46. The molecule has 1 saturated carbocycles. The third-order valence-corrected chi connectivity index (χ3v) is 7.83. The van der Waals surface area contributed by atoms with Crippen LogP contribution in [0.3, 0.4) is 0 Å². The summed E-state index contributed by atoms with van der Waals surface area (Å²) in [7, 11) is -3.46. The first kappa shape index (κ1) is 32.8. The van der Waals surface area contributed by atoms with E-state index < -0.39 is 44.3 Å². The highest BCUT2D eigenvalue weighted by Crippen LogP contribution is 2.29. The van der Waals surface area contributed by atoms with Crippen molar-refractivity contribution in [3.05, 3.63) is 12.4 Å². The van der Waals surface area contributed by atoms with Crippen LogP contribution in [-0.2, 0) is 33.9 Å². The maximum atomic E-state index is 13.2. The van der Waals surface area contributed by atoms with Crippen LogP contribution < -0.4 is 15.8 Å². The van der Waals surface area contributed by atoms with E-state index in [9.17, 15) is 22.8 Å². The largest absolute Gasteiger partial charge is 0.459 e. The Labute approximate surface area is 233 Å². The summed E-state index contributed by atoms with van der Waals surface area (Å²) < 4.78 is 33.8. The number of esters is 2. The summed E-state index contributed by atoms with van der Waals surface area (Å²) in [4.78, 5) is 41.1. The van der Waals surface area contributed by atoms with E-state index in [1.165, 1.54) is 0 Å². The molecule has 0 aromatic heterocycles. The lowest BCUT2D eigenvalue weighted by atomic mass is 9.86. The maximum absolute atomic E-state index is 13.2. The summed E-state index contributed by atoms with van der Waals surface area (Å²) in [5.74, 6) is -1.16. The van der Waals surface area contributed by atoms with Crippen LogP contribution in [0, 0.1) is 5.92 Å². The molecule has 0 aromatic rings. The lowest BCUT2D eigenvalue weighted by Gasteiger charge is -2.30. The Bertz CT molecular complexity index is 950. The lowest BCUT2D eigenvalue weighted by molar-refractivity contribution is -0.164. The van der Waals surface area contributed by atoms with E-state index in [0.717, 1.165) is 30.7 Å². The quantitative estimate of drug-likeness (QED) is 0.227. The molecular weight excluding hydrogens is 526 g/mol. The Morgan fingerprint density at radius 2 is 1.54 bits per heavy atom. The van der Waals surface area contributed by atoms with E-state index in [1.54, 1.807) is 53.9 Å². The summed E-state index contributed by atoms with van der Waals surface area (Å²) in [6, 6.07) is 0. The Kier molecular flexibility index (Phi) is 11.6. The SMILES string of the molecule is CC(C)(C)OC(=O)CN(CC(=O)OC(C)(C)C)C(=O)CN1C=CNC1CNCCC1CCC(S(N)(=O)=O)CC1. The summed E-state index contributed by atoms with van der Waals surface area (Å²) in [6.07, 6.45) is 7.16. The van der Waals surface area contributed by atoms with Crippen LogP contribution in [0.15, 0.2) is 12.4 Å². The molecule has 4 N–H and O–H groups in total. The van der Waals surface area contributed by atoms with Crippen LogP contribution in [0.5, 0.6) is 0 Å². The van der Waals surface area contributed by atoms with Crippen LogP contribution in [-0.4, -0.2) is 91.4 Å². The van der Waals surface area contributed by atoms with Crippen LogP contribution >= 0.6 is 0 Å². The van der Waals surface area contributed by atoms with Crippen molar-refractivity contribution in [2.24, 2.45) is 11.1 Å². The molecule has 1 aliphatic heterocycles. The molecule has 0 aromatic carbocycles. The monoisotopic (exact) mass is 573 g/mol. The van der Waals surface area contributed by atoms with Crippen molar-refractivity contribution in [3.63, 3.8) is 0 Å². The van der Waals surface area contributed by atoms with Gasteiger partial charge in [-0.2, -0.15) is 0 Å². The molecule has 39 heavy (non-hydrogen) atoms. The zero-order chi connectivity index (χ0) is 29.4. The predicted molar refractivity (Wildman–Crippen MR) is 147 cm³/mol. The number of sulfonamides is 1. The number of hydrogen-bond donors (Lipinski definition) is 3. The van der Waals surface area contributed by atoms with Gasteiger partial charge in [0.2, 0.25) is 15.9 Å². The molecule has 12 nitrogen and oxygen atoms in total. The van der Waals surface area contributed by atoms with Gasteiger partial charge in [-0.1, -0.05) is 0 Å². The number of rotatable bonds is 12. The molecule has 1 aliphatic carbocycles. The van der Waals surface area contributed by atoms with Gasteiger partial charge in [-0.25, -0.2) is 13.6 Å². The number of carbonyl (C=O) groups excluding carboxylic acids is 3. The molecule has 1 amide bonds. The number of nitrogens with zero attached hydrogens (tertiary/aromatic N) is 2. The summed E-state index contributed by atoms with van der Waals surface area (Å²) in [5, 5.41) is 11.5. The molecule has 1 atom stereocenters. The highest BCUT2D eigenvalue weighted by molar-refractivity contribution is 7.89. The maximum Gasteiger partial charge on any atom is 0.326 e. The molecule has 13 heteroatoms. The molecule has 0 bridgehead atoms. The van der Waals surface area contributed by atoms with Gasteiger partial charge in [0.25, 0.3) is 0 Å². The minimum absolute atomic E-state index is 0.0426. The molecule has 224 valence electrons. The molecule has 2 aliphatic rings. The van der Waals surface area contributed by atoms with E-state index in [1.807, 2.05) is 4.90 Å². The van der Waals surface area contributed by atoms with Gasteiger partial charge >= 0.3 is 11.9 Å². The number of amides is 1. The van der Waals surface area contributed by atoms with Crippen molar-refractivity contribution in [1.29, 1.82) is 0 Å². The van der Waals surface area contributed by atoms with Gasteiger partial charge in [0, 0.05) is 18.9 Å². The lowest BCUT2D eigenvalue weighted by Crippen LogP contribution is -2.50. The summed E-state index contributed by atoms with van der Waals surface area (Å²) >= 11 is 0. The third kappa shape index (κ3) is 12.6. The van der Waals surface area contributed by atoms with Crippen molar-refractivity contribution >= 4 is 27.9 Å². The van der Waals surface area contributed by atoms with Crippen LogP contribution in [0.1, 0.15) is 73.6 Å². The second-order valence-electron chi connectivity index (χ2n) is 12.3. The van der Waals surface area contributed by atoms with Crippen molar-refractivity contribution in [3.8, 4) is 0 Å². The Morgan fingerprint density at radius 1 is 1.00 bits per heavy atom. The number of nitrogens with two attached hydrogens (primary N) is 1. The van der Waals surface area contributed by atoms with Gasteiger partial charge < -0.3 is 29.9 Å². The standard InChI is InChI=1S/C26H47N5O7S/c1-25(2,3)37-23(33)17-31(18-24(34)38-26(4,5)6)22(32)16-30-14-13-29-21(30)15-28-12-11-19-7-9-20(10-8-19)39(27,35)36/h13-14,19-21,28-29H,7-12,15-18H2,1-6H3,(H2,27,35,36). The predicted octanol–water partition coefficient (Wildman–Crippen LogP) is 1.03. The van der Waals surface area contributed by atoms with E-state index in [-0.39, 0.29) is 25.8 Å². The summed E-state index contributed by atoms with van der Waals surface area (Å²) in [6.45, 7) is 11.0. The second-order valence-corrected chi connectivity index (χ2v) is 14.2. The number of ether oxygens (including phenoxy) is 2. The fourth-order valence-electron chi connectivity index (χ4n) is 4.63. The van der Waals surface area contributed by atoms with Crippen molar-refractivity contribution in [1.82, 2.24) is 20.4 Å². The van der Waals surface area contributed by atoms with E-state index >= 15 is 0 Å². The number of nitrogens with one attached hydrogen (secondary N) is 2. The first-order valence-electron chi connectivity index (χ1n) is 13.6. The fourth-order valence-corrected chi connectivity index (χ4v) is 5.56. The Balaban J connectivity index is 1.87. The first-order valence-corrected chi connectivity index (χ1v) is 15.2. The second kappa shape index (κ2) is 13.8. The van der Waals surface area contributed by atoms with Gasteiger partial charge in [0.15, 0.2) is 0 Å². The molecule has 0 saturated heterocycles. The average molecular weight is 574 g/mol. The highest BCUT2D eigenvalue weighted by atomic mass is 32.2. The molecule has 1 unspecified atom stereocenters. The zero-order valence-electron chi connectivity index (χ0n) is 24.2. The Morgan fingerprint density at radius 3 is 2.03 bits per heavy atom. The van der Waals surface area contributed by atoms with Gasteiger partial charge in [-0.15, -0.1) is 0 Å². The van der Waals surface area contributed by atoms with Gasteiger partial charge in [0.05, 0.1) is 11.8 Å². The normalized spacial score (nSPS) is 21.8. The Hall–Kier alpha value is -2.38. The number of primary sulfonamides is 1. The average Bonchev–Trinajstić information content (AvgIpc) is 3.20. The number of hydrogen-bond acceptors (Lipinski definition) is 10. The molecular formula is C26H47N5O7S. The van der Waals surface area contributed by atoms with E-state index in [0.29, 0.717) is 25.3 Å². The van der Waals surface area contributed by atoms with Crippen molar-refractivity contribution in [2.75, 3.05) is 32.7 Å². The minimum Gasteiger partial charge on any atom is -0.459 e. The smallest absolute Gasteiger partial charge is 0.326 e. The van der Waals surface area contributed by atoms with Crippen molar-refractivity contribution in [2.45, 2.75) is 96.3 Å². The van der Waals surface area contributed by atoms with Gasteiger partial charge in [-0.05, 0) is 86.1 Å². The van der Waals surface area contributed by atoms with Gasteiger partial charge in [0.1, 0.15) is 30.5 Å². The van der Waals surface area contributed by atoms with E-state index in [4.69, 9.17) is 14.6 Å². The highest BCUT2D eigenvalue weighted by Gasteiger charge is 2.30. The van der Waals surface area contributed by atoms with Crippen LogP contribution in [0.2, 0.25) is 0 Å². The molecule has 1 heterocycles. The topological polar surface area (TPSA) is 160 Å². The number of carbonyl (C=O) groups is 3. The molecule has 0 radical (unpaired) electrons.